The second-order valence-electron chi connectivity index (χ2n) is 8.96. The standard InChI is InChI=1S/C22H34N4O6S/c1-25(2)11-5-10-23-21(27)13-16-7-8-18-20(32-16)14-31-19-9-6-15(24-33(4,29)30)12-17(19)22(28)26(18)3/h6,9,12,16,18,20,24H,5,7-8,10-11,13-14H2,1-4H3,(H,23,27)/t16-,18+,20+/m1/s1. The van der Waals surface area contributed by atoms with Crippen LogP contribution >= 0.6 is 0 Å². The average Bonchev–Trinajstić information content (AvgIpc) is 2.73. The van der Waals surface area contributed by atoms with E-state index in [0.29, 0.717) is 36.4 Å². The zero-order valence-electron chi connectivity index (χ0n) is 19.7. The lowest BCUT2D eigenvalue weighted by molar-refractivity contribution is -0.134. The summed E-state index contributed by atoms with van der Waals surface area (Å²) < 4.78 is 37.6. The van der Waals surface area contributed by atoms with E-state index in [0.717, 1.165) is 19.2 Å². The SMILES string of the molecule is CN(C)CCCNC(=O)C[C@H]1CC[C@H]2[C@H](COc3ccc(NS(C)(=O)=O)cc3C(=O)N2C)O1. The van der Waals surface area contributed by atoms with Crippen molar-refractivity contribution in [2.75, 3.05) is 51.8 Å². The molecule has 11 heteroatoms. The number of sulfonamides is 1. The summed E-state index contributed by atoms with van der Waals surface area (Å²) in [6.07, 6.45) is 2.97. The summed E-state index contributed by atoms with van der Waals surface area (Å²) in [6.45, 7) is 1.77. The van der Waals surface area contributed by atoms with Crippen molar-refractivity contribution in [3.05, 3.63) is 23.8 Å². The topological polar surface area (TPSA) is 117 Å². The highest BCUT2D eigenvalue weighted by Gasteiger charge is 2.39. The van der Waals surface area contributed by atoms with Crippen LogP contribution < -0.4 is 14.8 Å². The molecule has 0 aliphatic carbocycles. The van der Waals surface area contributed by atoms with Crippen LogP contribution in [0.5, 0.6) is 5.75 Å². The van der Waals surface area contributed by atoms with Crippen LogP contribution in [0.15, 0.2) is 18.2 Å². The Kier molecular flexibility index (Phi) is 8.19. The Hall–Kier alpha value is -2.37. The number of hydrogen-bond acceptors (Lipinski definition) is 7. The van der Waals surface area contributed by atoms with Crippen LogP contribution in [0, 0.1) is 0 Å². The molecule has 2 amide bonds. The molecule has 0 unspecified atom stereocenters. The first kappa shape index (κ1) is 25.3. The Balaban J connectivity index is 1.63. The Morgan fingerprint density at radius 1 is 1.27 bits per heavy atom. The highest BCUT2D eigenvalue weighted by molar-refractivity contribution is 7.92. The van der Waals surface area contributed by atoms with Gasteiger partial charge in [0.1, 0.15) is 18.5 Å². The van der Waals surface area contributed by atoms with Crippen LogP contribution in [0.2, 0.25) is 0 Å². The van der Waals surface area contributed by atoms with E-state index in [2.05, 4.69) is 14.9 Å². The van der Waals surface area contributed by atoms with Gasteiger partial charge < -0.3 is 24.6 Å². The predicted octanol–water partition coefficient (Wildman–Crippen LogP) is 0.897. The first-order chi connectivity index (χ1) is 15.5. The lowest BCUT2D eigenvalue weighted by Gasteiger charge is -2.42. The van der Waals surface area contributed by atoms with Gasteiger partial charge in [-0.05, 0) is 58.1 Å². The number of ether oxygens (including phenoxy) is 2. The largest absolute Gasteiger partial charge is 0.490 e. The van der Waals surface area contributed by atoms with E-state index in [1.54, 1.807) is 24.1 Å². The van der Waals surface area contributed by atoms with Crippen LogP contribution in [-0.2, 0) is 19.6 Å². The zero-order valence-corrected chi connectivity index (χ0v) is 20.5. The number of carbonyl (C=O) groups is 2. The molecule has 0 spiro atoms. The normalized spacial score (nSPS) is 23.1. The second-order valence-corrected chi connectivity index (χ2v) is 10.7. The van der Waals surface area contributed by atoms with E-state index in [4.69, 9.17) is 9.47 Å². The summed E-state index contributed by atoms with van der Waals surface area (Å²) in [5.74, 6) is 0.0656. The fourth-order valence-electron chi connectivity index (χ4n) is 4.21. The molecule has 1 aromatic rings. The number of fused-ring (bicyclic) bond motifs is 2. The number of carbonyl (C=O) groups excluding carboxylic acids is 2. The summed E-state index contributed by atoms with van der Waals surface area (Å²) in [5.41, 5.74) is 0.596. The molecule has 2 heterocycles. The summed E-state index contributed by atoms with van der Waals surface area (Å²) >= 11 is 0. The highest BCUT2D eigenvalue weighted by atomic mass is 32.2. The maximum Gasteiger partial charge on any atom is 0.257 e. The molecule has 33 heavy (non-hydrogen) atoms. The molecule has 184 valence electrons. The Morgan fingerprint density at radius 2 is 2.03 bits per heavy atom. The molecule has 0 radical (unpaired) electrons. The van der Waals surface area contributed by atoms with Gasteiger partial charge in [0.2, 0.25) is 15.9 Å². The van der Waals surface area contributed by atoms with E-state index in [1.807, 2.05) is 14.1 Å². The minimum Gasteiger partial charge on any atom is -0.490 e. The summed E-state index contributed by atoms with van der Waals surface area (Å²) in [5, 5.41) is 2.94. The van der Waals surface area contributed by atoms with Crippen molar-refractivity contribution in [2.45, 2.75) is 43.9 Å². The van der Waals surface area contributed by atoms with Gasteiger partial charge in [-0.25, -0.2) is 8.42 Å². The van der Waals surface area contributed by atoms with E-state index in [1.165, 1.54) is 6.07 Å². The molecule has 0 aromatic heterocycles. The number of likely N-dealkylation sites (N-methyl/N-ethyl adjacent to an activating group) is 1. The fraction of sp³-hybridized carbons (Fsp3) is 0.636. The van der Waals surface area contributed by atoms with E-state index < -0.39 is 10.0 Å². The summed E-state index contributed by atoms with van der Waals surface area (Å²) in [7, 11) is 2.24. The zero-order chi connectivity index (χ0) is 24.2. The van der Waals surface area contributed by atoms with E-state index in [-0.39, 0.29) is 43.1 Å². The lowest BCUT2D eigenvalue weighted by Crippen LogP contribution is -2.54. The molecule has 1 aromatic carbocycles. The average molecular weight is 483 g/mol. The van der Waals surface area contributed by atoms with Gasteiger partial charge in [-0.2, -0.15) is 0 Å². The third kappa shape index (κ3) is 7.05. The van der Waals surface area contributed by atoms with Crippen molar-refractivity contribution in [1.82, 2.24) is 15.1 Å². The number of nitrogens with zero attached hydrogens (tertiary/aromatic N) is 2. The molecule has 3 atom stereocenters. The van der Waals surface area contributed by atoms with Crippen molar-refractivity contribution < 1.29 is 27.5 Å². The van der Waals surface area contributed by atoms with Crippen LogP contribution in [0.4, 0.5) is 5.69 Å². The third-order valence-corrected chi connectivity index (χ3v) is 6.44. The van der Waals surface area contributed by atoms with Crippen LogP contribution in [-0.4, -0.2) is 95.4 Å². The van der Waals surface area contributed by atoms with Crippen molar-refractivity contribution in [3.8, 4) is 5.75 Å². The molecule has 2 aliphatic heterocycles. The maximum absolute atomic E-state index is 13.2. The molecule has 3 rings (SSSR count). The van der Waals surface area contributed by atoms with Gasteiger partial charge in [0.05, 0.1) is 30.4 Å². The van der Waals surface area contributed by atoms with Gasteiger partial charge in [-0.1, -0.05) is 0 Å². The summed E-state index contributed by atoms with van der Waals surface area (Å²) in [6, 6.07) is 4.42. The van der Waals surface area contributed by atoms with E-state index >= 15 is 0 Å². The third-order valence-electron chi connectivity index (χ3n) is 5.83. The number of rotatable bonds is 8. The van der Waals surface area contributed by atoms with Gasteiger partial charge in [-0.3, -0.25) is 14.3 Å². The highest BCUT2D eigenvalue weighted by Crippen LogP contribution is 2.32. The second kappa shape index (κ2) is 10.7. The quantitative estimate of drug-likeness (QED) is 0.529. The predicted molar refractivity (Wildman–Crippen MR) is 125 cm³/mol. The minimum atomic E-state index is -3.47. The molecular weight excluding hydrogens is 448 g/mol. The Labute approximate surface area is 195 Å². The van der Waals surface area contributed by atoms with Crippen LogP contribution in [0.3, 0.4) is 0 Å². The minimum absolute atomic E-state index is 0.0374. The number of amides is 2. The van der Waals surface area contributed by atoms with Crippen LogP contribution in [0.25, 0.3) is 0 Å². The molecule has 2 N–H and O–H groups in total. The number of hydrogen-bond donors (Lipinski definition) is 2. The number of anilines is 1. The molecule has 1 saturated heterocycles. The van der Waals surface area contributed by atoms with Gasteiger partial charge in [0, 0.05) is 19.3 Å². The number of benzene rings is 1. The Morgan fingerprint density at radius 3 is 2.73 bits per heavy atom. The number of nitrogens with one attached hydrogen (secondary N) is 2. The van der Waals surface area contributed by atoms with Crippen molar-refractivity contribution in [2.24, 2.45) is 0 Å². The monoisotopic (exact) mass is 482 g/mol. The van der Waals surface area contributed by atoms with Gasteiger partial charge >= 0.3 is 0 Å². The van der Waals surface area contributed by atoms with Crippen molar-refractivity contribution in [1.29, 1.82) is 0 Å². The van der Waals surface area contributed by atoms with Crippen molar-refractivity contribution >= 4 is 27.5 Å². The Bertz CT molecular complexity index is 968. The van der Waals surface area contributed by atoms with Gasteiger partial charge in [0.15, 0.2) is 0 Å². The van der Waals surface area contributed by atoms with E-state index in [9.17, 15) is 18.0 Å². The molecule has 2 aliphatic rings. The first-order valence-corrected chi connectivity index (χ1v) is 13.0. The summed E-state index contributed by atoms with van der Waals surface area (Å²) in [4.78, 5) is 29.2. The molecule has 10 nitrogen and oxygen atoms in total. The molecule has 0 saturated carbocycles. The van der Waals surface area contributed by atoms with Gasteiger partial charge in [-0.15, -0.1) is 0 Å². The fourth-order valence-corrected chi connectivity index (χ4v) is 4.76. The van der Waals surface area contributed by atoms with Crippen LogP contribution in [0.1, 0.15) is 36.0 Å². The first-order valence-electron chi connectivity index (χ1n) is 11.1. The molecular formula is C22H34N4O6S. The molecule has 0 bridgehead atoms. The molecule has 1 fully saturated rings. The van der Waals surface area contributed by atoms with Gasteiger partial charge in [0.25, 0.3) is 5.91 Å². The maximum atomic E-state index is 13.2. The van der Waals surface area contributed by atoms with Crippen molar-refractivity contribution in [3.63, 3.8) is 0 Å². The lowest BCUT2D eigenvalue weighted by atomic mass is 9.94. The smallest absolute Gasteiger partial charge is 0.257 e.